The molecule has 0 N–H and O–H groups in total. The van der Waals surface area contributed by atoms with Gasteiger partial charge in [0.1, 0.15) is 6.10 Å². The van der Waals surface area contributed by atoms with Crippen molar-refractivity contribution in [2.75, 3.05) is 20.2 Å². The monoisotopic (exact) mass is 277 g/mol. The number of hydrogen-bond acceptors (Lipinski definition) is 2. The molecule has 0 radical (unpaired) electrons. The molecule has 1 rings (SSSR count). The van der Waals surface area contributed by atoms with E-state index in [1.807, 2.05) is 7.05 Å². The average Bonchev–Trinajstić information content (AvgIpc) is 2.26. The first kappa shape index (κ1) is 13.0. The zero-order valence-corrected chi connectivity index (χ0v) is 11.1. The van der Waals surface area contributed by atoms with Gasteiger partial charge >= 0.3 is 0 Å². The Labute approximate surface area is 100 Å². The summed E-state index contributed by atoms with van der Waals surface area (Å²) in [6.45, 7) is 3.62. The summed E-state index contributed by atoms with van der Waals surface area (Å²) in [6, 6.07) is 0. The molecule has 0 spiro atoms. The molecule has 4 heteroatoms. The summed E-state index contributed by atoms with van der Waals surface area (Å²) >= 11 is 3.48. The van der Waals surface area contributed by atoms with Crippen LogP contribution in [-0.4, -0.2) is 41.9 Å². The maximum atomic E-state index is 11.9. The molecule has 1 aliphatic rings. The molecule has 2 unspecified atom stereocenters. The second kappa shape index (κ2) is 6.48. The van der Waals surface area contributed by atoms with E-state index >= 15 is 0 Å². The molecular weight excluding hydrogens is 258 g/mol. The van der Waals surface area contributed by atoms with Crippen LogP contribution < -0.4 is 0 Å². The number of carbonyl (C=O) groups is 1. The van der Waals surface area contributed by atoms with Gasteiger partial charge in [-0.1, -0.05) is 22.9 Å². The highest BCUT2D eigenvalue weighted by Gasteiger charge is 2.24. The minimum Gasteiger partial charge on any atom is -0.368 e. The molecule has 1 fully saturated rings. The Morgan fingerprint density at radius 1 is 1.60 bits per heavy atom. The number of carbonyl (C=O) groups excluding carboxylic acids is 1. The van der Waals surface area contributed by atoms with E-state index in [1.165, 1.54) is 0 Å². The van der Waals surface area contributed by atoms with Crippen molar-refractivity contribution in [3.8, 4) is 0 Å². The van der Waals surface area contributed by atoms with Crippen molar-refractivity contribution < 1.29 is 9.53 Å². The second-order valence-corrected chi connectivity index (χ2v) is 5.75. The van der Waals surface area contributed by atoms with Gasteiger partial charge in [-0.25, -0.2) is 0 Å². The van der Waals surface area contributed by atoms with Crippen LogP contribution in [0.4, 0.5) is 0 Å². The predicted octanol–water partition coefficient (Wildman–Crippen LogP) is 2.19. The summed E-state index contributed by atoms with van der Waals surface area (Å²) in [4.78, 5) is 14.1. The van der Waals surface area contributed by atoms with Gasteiger partial charge in [0.05, 0.1) is 0 Å². The highest BCUT2D eigenvalue weighted by Crippen LogP contribution is 2.15. The average molecular weight is 278 g/mol. The molecule has 0 saturated carbocycles. The highest BCUT2D eigenvalue weighted by atomic mass is 79.9. The first-order valence-corrected chi connectivity index (χ1v) is 6.53. The number of halogens is 1. The lowest BCUT2D eigenvalue weighted by Gasteiger charge is -2.27. The van der Waals surface area contributed by atoms with Crippen molar-refractivity contribution in [2.45, 2.75) is 43.5 Å². The fraction of sp³-hybridized carbons (Fsp3) is 0.909. The van der Waals surface area contributed by atoms with Crippen LogP contribution in [0, 0.1) is 0 Å². The van der Waals surface area contributed by atoms with E-state index in [4.69, 9.17) is 4.74 Å². The first-order chi connectivity index (χ1) is 7.11. The van der Waals surface area contributed by atoms with Crippen LogP contribution >= 0.6 is 15.9 Å². The van der Waals surface area contributed by atoms with E-state index < -0.39 is 0 Å². The third-order valence-electron chi connectivity index (χ3n) is 2.69. The van der Waals surface area contributed by atoms with Crippen molar-refractivity contribution in [2.24, 2.45) is 0 Å². The van der Waals surface area contributed by atoms with Crippen molar-refractivity contribution in [1.29, 1.82) is 0 Å². The van der Waals surface area contributed by atoms with Gasteiger partial charge < -0.3 is 9.64 Å². The van der Waals surface area contributed by atoms with Crippen LogP contribution in [0.5, 0.6) is 0 Å². The zero-order valence-electron chi connectivity index (χ0n) is 9.54. The number of rotatable bonds is 4. The third-order valence-corrected chi connectivity index (χ3v) is 3.15. The van der Waals surface area contributed by atoms with Crippen molar-refractivity contribution in [1.82, 2.24) is 4.90 Å². The summed E-state index contributed by atoms with van der Waals surface area (Å²) in [5.41, 5.74) is 0. The van der Waals surface area contributed by atoms with Crippen LogP contribution in [-0.2, 0) is 9.53 Å². The molecule has 0 aromatic carbocycles. The van der Waals surface area contributed by atoms with Crippen LogP contribution in [0.15, 0.2) is 0 Å². The minimum absolute atomic E-state index is 0.142. The van der Waals surface area contributed by atoms with Gasteiger partial charge in [-0.2, -0.15) is 0 Å². The number of ether oxygens (including phenoxy) is 1. The summed E-state index contributed by atoms with van der Waals surface area (Å²) in [7, 11) is 1.86. The predicted molar refractivity (Wildman–Crippen MR) is 64.2 cm³/mol. The van der Waals surface area contributed by atoms with E-state index in [0.717, 1.165) is 38.8 Å². The van der Waals surface area contributed by atoms with E-state index in [0.29, 0.717) is 4.83 Å². The van der Waals surface area contributed by atoms with Gasteiger partial charge in [-0.05, 0) is 25.7 Å². The molecule has 2 atom stereocenters. The summed E-state index contributed by atoms with van der Waals surface area (Å²) in [5.74, 6) is 0.142. The Bertz CT molecular complexity index is 203. The van der Waals surface area contributed by atoms with Crippen LogP contribution in [0.3, 0.4) is 0 Å². The lowest BCUT2D eigenvalue weighted by atomic mass is 10.1. The molecule has 1 saturated heterocycles. The van der Waals surface area contributed by atoms with Gasteiger partial charge in [-0.15, -0.1) is 0 Å². The molecular formula is C11H20BrNO2. The van der Waals surface area contributed by atoms with Crippen LogP contribution in [0.2, 0.25) is 0 Å². The Morgan fingerprint density at radius 2 is 2.33 bits per heavy atom. The fourth-order valence-electron chi connectivity index (χ4n) is 1.66. The number of amides is 1. The summed E-state index contributed by atoms with van der Waals surface area (Å²) in [6.07, 6.45) is 3.88. The Kier molecular flexibility index (Phi) is 5.61. The maximum absolute atomic E-state index is 11.9. The smallest absolute Gasteiger partial charge is 0.251 e. The fourth-order valence-corrected chi connectivity index (χ4v) is 1.87. The SMILES string of the molecule is CC(Br)CCN(C)C(=O)C1CCCCO1. The topological polar surface area (TPSA) is 29.5 Å². The van der Waals surface area contributed by atoms with Gasteiger partial charge in [0, 0.05) is 25.0 Å². The molecule has 1 amide bonds. The molecule has 0 aliphatic carbocycles. The molecule has 1 heterocycles. The van der Waals surface area contributed by atoms with E-state index in [2.05, 4.69) is 22.9 Å². The van der Waals surface area contributed by atoms with E-state index in [-0.39, 0.29) is 12.0 Å². The number of hydrogen-bond donors (Lipinski definition) is 0. The number of nitrogens with zero attached hydrogens (tertiary/aromatic N) is 1. The quantitative estimate of drug-likeness (QED) is 0.738. The van der Waals surface area contributed by atoms with Gasteiger partial charge in [-0.3, -0.25) is 4.79 Å². The van der Waals surface area contributed by atoms with Crippen LogP contribution in [0.1, 0.15) is 32.6 Å². The lowest BCUT2D eigenvalue weighted by Crippen LogP contribution is -2.40. The summed E-state index contributed by atoms with van der Waals surface area (Å²) < 4.78 is 5.46. The molecule has 0 bridgehead atoms. The number of likely N-dealkylation sites (N-methyl/N-ethyl adjacent to an activating group) is 1. The number of alkyl halides is 1. The third kappa shape index (κ3) is 4.51. The molecule has 3 nitrogen and oxygen atoms in total. The minimum atomic E-state index is -0.186. The normalized spacial score (nSPS) is 23.5. The first-order valence-electron chi connectivity index (χ1n) is 5.62. The van der Waals surface area contributed by atoms with E-state index in [1.54, 1.807) is 4.90 Å². The molecule has 88 valence electrons. The van der Waals surface area contributed by atoms with E-state index in [9.17, 15) is 4.79 Å². The van der Waals surface area contributed by atoms with Crippen molar-refractivity contribution >= 4 is 21.8 Å². The summed E-state index contributed by atoms with van der Waals surface area (Å²) in [5, 5.41) is 0. The van der Waals surface area contributed by atoms with Crippen molar-refractivity contribution in [3.63, 3.8) is 0 Å². The zero-order chi connectivity index (χ0) is 11.3. The van der Waals surface area contributed by atoms with Gasteiger partial charge in [0.25, 0.3) is 5.91 Å². The highest BCUT2D eigenvalue weighted by molar-refractivity contribution is 9.09. The second-order valence-electron chi connectivity index (χ2n) is 4.18. The largest absolute Gasteiger partial charge is 0.368 e. The van der Waals surface area contributed by atoms with Gasteiger partial charge in [0.15, 0.2) is 0 Å². The molecule has 15 heavy (non-hydrogen) atoms. The van der Waals surface area contributed by atoms with Crippen LogP contribution in [0.25, 0.3) is 0 Å². The molecule has 1 aliphatic heterocycles. The Balaban J connectivity index is 2.30. The molecule has 0 aromatic heterocycles. The standard InChI is InChI=1S/C11H20BrNO2/c1-9(12)6-7-13(2)11(14)10-5-3-4-8-15-10/h9-10H,3-8H2,1-2H3. The maximum Gasteiger partial charge on any atom is 0.251 e. The Morgan fingerprint density at radius 3 is 2.87 bits per heavy atom. The van der Waals surface area contributed by atoms with Crippen molar-refractivity contribution in [3.05, 3.63) is 0 Å². The lowest BCUT2D eigenvalue weighted by molar-refractivity contribution is -0.145. The molecule has 0 aromatic rings. The van der Waals surface area contributed by atoms with Gasteiger partial charge in [0.2, 0.25) is 0 Å². The Hall–Kier alpha value is -0.0900.